The number of halogens is 3. The molecular formula is C21H21F3N2O2. The van der Waals surface area contributed by atoms with Crippen LogP contribution < -0.4 is 10.6 Å². The summed E-state index contributed by atoms with van der Waals surface area (Å²) in [4.78, 5) is 24.3. The summed E-state index contributed by atoms with van der Waals surface area (Å²) in [6.07, 6.45) is -3.49. The summed E-state index contributed by atoms with van der Waals surface area (Å²) < 4.78 is 39.0. The molecule has 0 saturated heterocycles. The van der Waals surface area contributed by atoms with E-state index in [9.17, 15) is 22.8 Å². The number of carbonyl (C=O) groups is 2. The molecule has 0 radical (unpaired) electrons. The van der Waals surface area contributed by atoms with E-state index in [4.69, 9.17) is 0 Å². The van der Waals surface area contributed by atoms with Gasteiger partial charge >= 0.3 is 6.18 Å². The van der Waals surface area contributed by atoms with E-state index < -0.39 is 17.6 Å². The molecule has 7 heteroatoms. The molecular weight excluding hydrogens is 369 g/mol. The van der Waals surface area contributed by atoms with Crippen LogP contribution in [0.1, 0.15) is 34.8 Å². The van der Waals surface area contributed by atoms with Crippen molar-refractivity contribution in [3.8, 4) is 0 Å². The van der Waals surface area contributed by atoms with Crippen LogP contribution >= 0.6 is 0 Å². The van der Waals surface area contributed by atoms with E-state index in [1.807, 2.05) is 6.92 Å². The topological polar surface area (TPSA) is 58.2 Å². The molecule has 3 rings (SSSR count). The molecule has 1 fully saturated rings. The van der Waals surface area contributed by atoms with Gasteiger partial charge in [-0.25, -0.2) is 0 Å². The molecule has 0 bridgehead atoms. The number of benzene rings is 2. The SMILES string of the molecule is CC1CC1C(=O)Nc1cccc(C(=O)NCCc2ccccc2C(F)(F)F)c1. The third-order valence-corrected chi connectivity index (χ3v) is 4.84. The molecule has 2 aromatic carbocycles. The van der Waals surface area contributed by atoms with Gasteiger partial charge in [0.25, 0.3) is 5.91 Å². The van der Waals surface area contributed by atoms with Crippen LogP contribution in [-0.2, 0) is 17.4 Å². The molecule has 1 aliphatic rings. The fourth-order valence-electron chi connectivity index (χ4n) is 3.09. The van der Waals surface area contributed by atoms with E-state index in [0.717, 1.165) is 12.5 Å². The smallest absolute Gasteiger partial charge is 0.352 e. The van der Waals surface area contributed by atoms with Crippen molar-refractivity contribution in [2.75, 3.05) is 11.9 Å². The molecule has 1 aliphatic carbocycles. The van der Waals surface area contributed by atoms with Gasteiger partial charge in [0.05, 0.1) is 5.56 Å². The highest BCUT2D eigenvalue weighted by atomic mass is 19.4. The lowest BCUT2D eigenvalue weighted by atomic mass is 10.0. The summed E-state index contributed by atoms with van der Waals surface area (Å²) in [5.74, 6) is -0.0635. The number of rotatable bonds is 6. The molecule has 0 aliphatic heterocycles. The van der Waals surface area contributed by atoms with Gasteiger partial charge in [0.15, 0.2) is 0 Å². The van der Waals surface area contributed by atoms with Gasteiger partial charge in [-0.2, -0.15) is 13.2 Å². The van der Waals surface area contributed by atoms with E-state index in [0.29, 0.717) is 17.2 Å². The van der Waals surface area contributed by atoms with Gasteiger partial charge in [0.2, 0.25) is 5.91 Å². The number of amides is 2. The third-order valence-electron chi connectivity index (χ3n) is 4.84. The van der Waals surface area contributed by atoms with Crippen molar-refractivity contribution < 1.29 is 22.8 Å². The fourth-order valence-corrected chi connectivity index (χ4v) is 3.09. The van der Waals surface area contributed by atoms with Gasteiger partial charge in [-0.05, 0) is 48.6 Å². The molecule has 4 nitrogen and oxygen atoms in total. The summed E-state index contributed by atoms with van der Waals surface area (Å²) in [6, 6.07) is 11.8. The van der Waals surface area contributed by atoms with Crippen LogP contribution in [0, 0.1) is 11.8 Å². The van der Waals surface area contributed by atoms with Gasteiger partial charge in [0.1, 0.15) is 0 Å². The first-order valence-electron chi connectivity index (χ1n) is 9.10. The van der Waals surface area contributed by atoms with E-state index in [2.05, 4.69) is 10.6 Å². The fraction of sp³-hybridized carbons (Fsp3) is 0.333. The van der Waals surface area contributed by atoms with Crippen molar-refractivity contribution in [1.29, 1.82) is 0 Å². The molecule has 2 aromatic rings. The second kappa shape index (κ2) is 8.04. The van der Waals surface area contributed by atoms with Crippen molar-refractivity contribution in [2.45, 2.75) is 25.9 Å². The third kappa shape index (κ3) is 4.91. The quantitative estimate of drug-likeness (QED) is 0.774. The molecule has 28 heavy (non-hydrogen) atoms. The molecule has 2 amide bonds. The van der Waals surface area contributed by atoms with Crippen LogP contribution in [0.5, 0.6) is 0 Å². The first-order chi connectivity index (χ1) is 13.3. The highest BCUT2D eigenvalue weighted by molar-refractivity contribution is 5.98. The minimum absolute atomic E-state index is 0.0196. The largest absolute Gasteiger partial charge is 0.416 e. The number of hydrogen-bond donors (Lipinski definition) is 2. The van der Waals surface area contributed by atoms with Gasteiger partial charge in [-0.15, -0.1) is 0 Å². The zero-order valence-corrected chi connectivity index (χ0v) is 15.3. The lowest BCUT2D eigenvalue weighted by Gasteiger charge is -2.13. The summed E-state index contributed by atoms with van der Waals surface area (Å²) in [7, 11) is 0. The molecule has 0 heterocycles. The number of anilines is 1. The predicted molar refractivity (Wildman–Crippen MR) is 99.8 cm³/mol. The zero-order valence-electron chi connectivity index (χ0n) is 15.3. The normalized spacial score (nSPS) is 18.4. The molecule has 0 spiro atoms. The van der Waals surface area contributed by atoms with Crippen LogP contribution in [0.4, 0.5) is 18.9 Å². The second-order valence-corrected chi connectivity index (χ2v) is 7.05. The van der Waals surface area contributed by atoms with Crippen LogP contribution in [0.25, 0.3) is 0 Å². The Morgan fingerprint density at radius 1 is 1.11 bits per heavy atom. The van der Waals surface area contributed by atoms with Gasteiger partial charge in [0, 0.05) is 23.7 Å². The number of nitrogens with one attached hydrogen (secondary N) is 2. The molecule has 0 aromatic heterocycles. The number of alkyl halides is 3. The Bertz CT molecular complexity index is 880. The van der Waals surface area contributed by atoms with Crippen LogP contribution in [0.2, 0.25) is 0 Å². The summed E-state index contributed by atoms with van der Waals surface area (Å²) in [5.41, 5.74) is 0.308. The Labute approximate surface area is 161 Å². The lowest BCUT2D eigenvalue weighted by molar-refractivity contribution is -0.138. The number of carbonyl (C=O) groups excluding carboxylic acids is 2. The Hall–Kier alpha value is -2.83. The minimum atomic E-state index is -4.42. The Kier molecular flexibility index (Phi) is 5.72. The van der Waals surface area contributed by atoms with E-state index in [1.54, 1.807) is 30.3 Å². The highest BCUT2D eigenvalue weighted by Gasteiger charge is 2.39. The summed E-state index contributed by atoms with van der Waals surface area (Å²) >= 11 is 0. The maximum Gasteiger partial charge on any atom is 0.416 e. The van der Waals surface area contributed by atoms with E-state index in [-0.39, 0.29) is 30.4 Å². The monoisotopic (exact) mass is 390 g/mol. The summed E-state index contributed by atoms with van der Waals surface area (Å²) in [5, 5.41) is 5.42. The standard InChI is InChI=1S/C21H21F3N2O2/c1-13-11-17(13)20(28)26-16-7-4-6-15(12-16)19(27)25-10-9-14-5-2-3-8-18(14)21(22,23)24/h2-8,12-13,17H,9-11H2,1H3,(H,25,27)(H,26,28). The van der Waals surface area contributed by atoms with E-state index >= 15 is 0 Å². The maximum atomic E-state index is 13.0. The average molecular weight is 390 g/mol. The molecule has 1 saturated carbocycles. The second-order valence-electron chi connectivity index (χ2n) is 7.05. The Morgan fingerprint density at radius 2 is 1.82 bits per heavy atom. The highest BCUT2D eigenvalue weighted by Crippen LogP contribution is 2.38. The van der Waals surface area contributed by atoms with Crippen molar-refractivity contribution in [3.05, 3.63) is 65.2 Å². The summed E-state index contributed by atoms with van der Waals surface area (Å²) in [6.45, 7) is 2.08. The Morgan fingerprint density at radius 3 is 2.50 bits per heavy atom. The van der Waals surface area contributed by atoms with Crippen LogP contribution in [0.15, 0.2) is 48.5 Å². The van der Waals surface area contributed by atoms with Gasteiger partial charge in [-0.3, -0.25) is 9.59 Å². The average Bonchev–Trinajstić information content (AvgIpc) is 3.38. The molecule has 2 N–H and O–H groups in total. The van der Waals surface area contributed by atoms with Gasteiger partial charge < -0.3 is 10.6 Å². The predicted octanol–water partition coefficient (Wildman–Crippen LogP) is 4.27. The lowest BCUT2D eigenvalue weighted by Crippen LogP contribution is -2.26. The van der Waals surface area contributed by atoms with Crippen LogP contribution in [0.3, 0.4) is 0 Å². The molecule has 148 valence electrons. The van der Waals surface area contributed by atoms with Crippen molar-refractivity contribution in [1.82, 2.24) is 5.32 Å². The minimum Gasteiger partial charge on any atom is -0.352 e. The van der Waals surface area contributed by atoms with Crippen LogP contribution in [-0.4, -0.2) is 18.4 Å². The maximum absolute atomic E-state index is 13.0. The molecule has 2 atom stereocenters. The van der Waals surface area contributed by atoms with Crippen molar-refractivity contribution >= 4 is 17.5 Å². The first kappa shape index (κ1) is 19.9. The first-order valence-corrected chi connectivity index (χ1v) is 9.10. The van der Waals surface area contributed by atoms with E-state index in [1.165, 1.54) is 12.1 Å². The Balaban J connectivity index is 1.57. The zero-order chi connectivity index (χ0) is 20.3. The van der Waals surface area contributed by atoms with Crippen molar-refractivity contribution in [2.24, 2.45) is 11.8 Å². The molecule has 2 unspecified atom stereocenters. The van der Waals surface area contributed by atoms with Crippen molar-refractivity contribution in [3.63, 3.8) is 0 Å². The number of hydrogen-bond acceptors (Lipinski definition) is 2. The van der Waals surface area contributed by atoms with Gasteiger partial charge in [-0.1, -0.05) is 31.2 Å².